The Bertz CT molecular complexity index is 1240. The van der Waals surface area contributed by atoms with Crippen molar-refractivity contribution in [1.82, 2.24) is 24.6 Å². The normalized spacial score (nSPS) is 14.6. The molecule has 1 aliphatic rings. The zero-order valence-corrected chi connectivity index (χ0v) is 17.4. The van der Waals surface area contributed by atoms with Crippen molar-refractivity contribution in [3.8, 4) is 5.88 Å². The van der Waals surface area contributed by atoms with Gasteiger partial charge in [0.1, 0.15) is 5.69 Å². The Kier molecular flexibility index (Phi) is 6.05. The first-order valence-electron chi connectivity index (χ1n) is 9.61. The molecule has 162 valence electrons. The number of nitrogens with one attached hydrogen (secondary N) is 4. The van der Waals surface area contributed by atoms with E-state index in [1.54, 1.807) is 22.9 Å². The molecule has 0 amide bonds. The molecule has 0 unspecified atom stereocenters. The van der Waals surface area contributed by atoms with Gasteiger partial charge in [-0.25, -0.2) is 14.5 Å². The van der Waals surface area contributed by atoms with Gasteiger partial charge in [-0.05, 0) is 31.2 Å². The lowest BCUT2D eigenvalue weighted by Crippen LogP contribution is -2.31. The Morgan fingerprint density at radius 1 is 1.39 bits per heavy atom. The Morgan fingerprint density at radius 2 is 2.26 bits per heavy atom. The average Bonchev–Trinajstić information content (AvgIpc) is 3.28. The quantitative estimate of drug-likeness (QED) is 0.346. The third kappa shape index (κ3) is 4.78. The number of anilines is 2. The predicted octanol–water partition coefficient (Wildman–Crippen LogP) is 1.43. The molecule has 3 heterocycles. The van der Waals surface area contributed by atoms with E-state index < -0.39 is 5.69 Å². The molecule has 11 nitrogen and oxygen atoms in total. The Hall–Kier alpha value is -3.57. The molecule has 0 bridgehead atoms. The van der Waals surface area contributed by atoms with Gasteiger partial charge < -0.3 is 25.6 Å². The first-order valence-corrected chi connectivity index (χ1v) is 9.99. The van der Waals surface area contributed by atoms with Gasteiger partial charge in [0.05, 0.1) is 19.7 Å². The summed E-state index contributed by atoms with van der Waals surface area (Å²) in [4.78, 5) is 29.9. The van der Waals surface area contributed by atoms with Crippen molar-refractivity contribution in [3.05, 3.63) is 56.9 Å². The molecule has 0 atom stereocenters. The van der Waals surface area contributed by atoms with Gasteiger partial charge in [0.15, 0.2) is 5.82 Å². The monoisotopic (exact) mass is 444 g/mol. The van der Waals surface area contributed by atoms with Gasteiger partial charge in [0.25, 0.3) is 0 Å². The highest BCUT2D eigenvalue weighted by atomic mass is 35.5. The van der Waals surface area contributed by atoms with Gasteiger partial charge in [0, 0.05) is 22.9 Å². The molecular weight excluding hydrogens is 424 g/mol. The molecule has 12 heteroatoms. The van der Waals surface area contributed by atoms with Crippen molar-refractivity contribution in [1.29, 1.82) is 0 Å². The molecule has 1 aromatic carbocycles. The number of aromatic hydroxyl groups is 1. The van der Waals surface area contributed by atoms with Gasteiger partial charge in [-0.3, -0.25) is 4.98 Å². The fourth-order valence-corrected chi connectivity index (χ4v) is 3.20. The predicted molar refractivity (Wildman–Crippen MR) is 117 cm³/mol. The van der Waals surface area contributed by atoms with Crippen LogP contribution in [-0.2, 0) is 4.74 Å². The number of aromatic amines is 2. The number of hydrogen-bond acceptors (Lipinski definition) is 8. The summed E-state index contributed by atoms with van der Waals surface area (Å²) >= 11 is 6.07. The minimum Gasteiger partial charge on any atom is -0.493 e. The maximum absolute atomic E-state index is 11.4. The standard InChI is InChI=1S/C19H21ClN8O3/c1-2-31-7-6-21-18-27-17(23-13-5-3-4-12(20)9-13)25-15-11(10-22-28(15)18)8-14-16(29)26-19(30)24-14/h3-5,8-9,22,29H,2,6-7,10H2,1H3,(H,21,23,27)(H2,24,26,30)/b11-8-. The van der Waals surface area contributed by atoms with Crippen LogP contribution in [0.15, 0.2) is 34.1 Å². The summed E-state index contributed by atoms with van der Waals surface area (Å²) in [5, 5.41) is 13.6. The molecule has 0 saturated carbocycles. The van der Waals surface area contributed by atoms with Crippen LogP contribution in [0.5, 0.6) is 5.88 Å². The fraction of sp³-hybridized carbons (Fsp3) is 0.263. The second kappa shape index (κ2) is 9.06. The minimum atomic E-state index is -0.499. The first kappa shape index (κ1) is 20.7. The van der Waals surface area contributed by atoms with Crippen LogP contribution in [0.1, 0.15) is 18.4 Å². The van der Waals surface area contributed by atoms with Crippen LogP contribution in [0.2, 0.25) is 5.02 Å². The van der Waals surface area contributed by atoms with Crippen molar-refractivity contribution in [3.63, 3.8) is 0 Å². The number of nitrogens with zero attached hydrogens (tertiary/aromatic N) is 4. The van der Waals surface area contributed by atoms with E-state index in [2.05, 4.69) is 35.7 Å². The molecule has 0 fully saturated rings. The number of ether oxygens (including phenoxy) is 1. The van der Waals surface area contributed by atoms with E-state index in [0.717, 1.165) is 11.3 Å². The molecule has 31 heavy (non-hydrogen) atoms. The van der Waals surface area contributed by atoms with Crippen LogP contribution in [-0.4, -0.2) is 56.0 Å². The minimum absolute atomic E-state index is 0.246. The maximum atomic E-state index is 11.4. The number of rotatable bonds is 7. The largest absolute Gasteiger partial charge is 0.493 e. The van der Waals surface area contributed by atoms with Crippen LogP contribution in [0.4, 0.5) is 11.6 Å². The Morgan fingerprint density at radius 3 is 3.00 bits per heavy atom. The van der Waals surface area contributed by atoms with E-state index in [-0.39, 0.29) is 11.6 Å². The number of aromatic nitrogens is 5. The second-order valence-corrected chi connectivity index (χ2v) is 7.00. The van der Waals surface area contributed by atoms with Crippen molar-refractivity contribution in [2.75, 3.05) is 37.0 Å². The number of fused-ring (bicyclic) bond motifs is 1. The summed E-state index contributed by atoms with van der Waals surface area (Å²) in [6, 6.07) is 7.20. The van der Waals surface area contributed by atoms with Crippen molar-refractivity contribution >= 4 is 34.9 Å². The number of hydrogen-bond donors (Lipinski definition) is 5. The van der Waals surface area contributed by atoms with E-state index in [1.165, 1.54) is 0 Å². The Labute approximate surface area is 181 Å². The van der Waals surface area contributed by atoms with E-state index in [0.29, 0.717) is 48.7 Å². The molecular formula is C19H21ClN8O3. The summed E-state index contributed by atoms with van der Waals surface area (Å²) in [5.41, 5.74) is 4.78. The van der Waals surface area contributed by atoms with Crippen molar-refractivity contribution in [2.24, 2.45) is 4.99 Å². The molecule has 2 aromatic heterocycles. The highest BCUT2D eigenvalue weighted by Gasteiger charge is 2.21. The summed E-state index contributed by atoms with van der Waals surface area (Å²) in [7, 11) is 0. The molecule has 3 aromatic rings. The van der Waals surface area contributed by atoms with Gasteiger partial charge in [-0.1, -0.05) is 17.7 Å². The smallest absolute Gasteiger partial charge is 0.326 e. The van der Waals surface area contributed by atoms with Gasteiger partial charge in [-0.15, -0.1) is 0 Å². The van der Waals surface area contributed by atoms with E-state index in [1.807, 2.05) is 19.1 Å². The summed E-state index contributed by atoms with van der Waals surface area (Å²) in [6.07, 6.45) is 1.64. The third-order valence-electron chi connectivity index (χ3n) is 4.37. The summed E-state index contributed by atoms with van der Waals surface area (Å²) in [6.45, 7) is 3.82. The van der Waals surface area contributed by atoms with Crippen LogP contribution in [0.3, 0.4) is 0 Å². The molecule has 5 N–H and O–H groups in total. The van der Waals surface area contributed by atoms with Crippen LogP contribution < -0.4 is 22.1 Å². The third-order valence-corrected chi connectivity index (χ3v) is 4.61. The number of H-pyrrole nitrogens is 2. The molecule has 0 aliphatic carbocycles. The highest BCUT2D eigenvalue weighted by Crippen LogP contribution is 2.23. The van der Waals surface area contributed by atoms with Crippen molar-refractivity contribution in [2.45, 2.75) is 6.92 Å². The van der Waals surface area contributed by atoms with E-state index >= 15 is 0 Å². The van der Waals surface area contributed by atoms with Gasteiger partial charge in [-0.2, -0.15) is 9.97 Å². The summed E-state index contributed by atoms with van der Waals surface area (Å²) < 4.78 is 7.01. The fourth-order valence-electron chi connectivity index (χ4n) is 3.01. The maximum Gasteiger partial charge on any atom is 0.326 e. The SMILES string of the molecule is CCOCCN=c1nc(Nc2cccc(Cl)c2)nc2n1NC/C2=C/c1[nH]c(=O)[nH]c1O. The van der Waals surface area contributed by atoms with Gasteiger partial charge in [0.2, 0.25) is 17.4 Å². The highest BCUT2D eigenvalue weighted by molar-refractivity contribution is 6.30. The number of imidazole rings is 1. The first-order chi connectivity index (χ1) is 15.0. The van der Waals surface area contributed by atoms with Crippen LogP contribution in [0, 0.1) is 0 Å². The number of benzene rings is 1. The van der Waals surface area contributed by atoms with Crippen LogP contribution >= 0.6 is 11.6 Å². The van der Waals surface area contributed by atoms with Crippen LogP contribution in [0.25, 0.3) is 11.6 Å². The van der Waals surface area contributed by atoms with E-state index in [4.69, 9.17) is 16.3 Å². The summed E-state index contributed by atoms with van der Waals surface area (Å²) in [5.74, 6) is 0.616. The molecule has 0 radical (unpaired) electrons. The van der Waals surface area contributed by atoms with Gasteiger partial charge >= 0.3 is 5.69 Å². The molecule has 0 spiro atoms. The number of halogens is 1. The topological polar surface area (TPSA) is 145 Å². The molecule has 4 rings (SSSR count). The zero-order chi connectivity index (χ0) is 21.8. The zero-order valence-electron chi connectivity index (χ0n) is 16.6. The average molecular weight is 445 g/mol. The lowest BCUT2D eigenvalue weighted by molar-refractivity contribution is 0.155. The lowest BCUT2D eigenvalue weighted by atomic mass is 10.2. The lowest BCUT2D eigenvalue weighted by Gasteiger charge is -2.09. The van der Waals surface area contributed by atoms with E-state index in [9.17, 15) is 9.90 Å². The molecule has 0 saturated heterocycles. The Balaban J connectivity index is 1.75. The van der Waals surface area contributed by atoms with Crippen molar-refractivity contribution < 1.29 is 9.84 Å². The molecule has 1 aliphatic heterocycles. The second-order valence-electron chi connectivity index (χ2n) is 6.57.